The molecule has 3 heteroatoms. The Morgan fingerprint density at radius 1 is 1.47 bits per heavy atom. The fourth-order valence-electron chi connectivity index (χ4n) is 1.42. The number of hydrogen-bond donors (Lipinski definition) is 1. The van der Waals surface area contributed by atoms with E-state index in [1.165, 1.54) is 0 Å². The third-order valence-electron chi connectivity index (χ3n) is 2.37. The van der Waals surface area contributed by atoms with E-state index in [0.29, 0.717) is 17.8 Å². The molecule has 0 aliphatic carbocycles. The van der Waals surface area contributed by atoms with E-state index in [-0.39, 0.29) is 12.0 Å². The molecule has 1 rings (SSSR count). The lowest BCUT2D eigenvalue weighted by atomic mass is 9.87. The van der Waals surface area contributed by atoms with Crippen molar-refractivity contribution in [1.29, 1.82) is 0 Å². The van der Waals surface area contributed by atoms with Gasteiger partial charge in [-0.25, -0.2) is 0 Å². The van der Waals surface area contributed by atoms with E-state index in [0.717, 1.165) is 5.56 Å². The van der Waals surface area contributed by atoms with Crippen molar-refractivity contribution in [2.45, 2.75) is 26.2 Å². The quantitative estimate of drug-likeness (QED) is 0.639. The fraction of sp³-hybridized carbons (Fsp3) is 0.357. The summed E-state index contributed by atoms with van der Waals surface area (Å²) < 4.78 is 5.35. The molecule has 1 amide bonds. The first-order chi connectivity index (χ1) is 7.99. The highest BCUT2D eigenvalue weighted by molar-refractivity contribution is 5.76. The van der Waals surface area contributed by atoms with Gasteiger partial charge in [-0.05, 0) is 23.1 Å². The first kappa shape index (κ1) is 13.1. The normalized spacial score (nSPS) is 10.5. The van der Waals surface area contributed by atoms with Crippen LogP contribution in [0.4, 0.5) is 5.69 Å². The average Bonchev–Trinajstić information content (AvgIpc) is 2.26. The number of benzene rings is 1. The van der Waals surface area contributed by atoms with Crippen LogP contribution in [-0.2, 0) is 10.2 Å². The Morgan fingerprint density at radius 2 is 2.18 bits per heavy atom. The molecule has 0 aliphatic rings. The van der Waals surface area contributed by atoms with E-state index < -0.39 is 0 Å². The summed E-state index contributed by atoms with van der Waals surface area (Å²) in [5.74, 6) is 2.98. The van der Waals surface area contributed by atoms with Crippen molar-refractivity contribution >= 4 is 12.1 Å². The van der Waals surface area contributed by atoms with E-state index in [2.05, 4.69) is 32.0 Å². The van der Waals surface area contributed by atoms with Crippen LogP contribution in [0.15, 0.2) is 18.2 Å². The van der Waals surface area contributed by atoms with Crippen LogP contribution < -0.4 is 10.1 Å². The molecule has 0 aliphatic heterocycles. The lowest BCUT2D eigenvalue weighted by Crippen LogP contribution is -2.12. The molecule has 0 unspecified atom stereocenters. The molecule has 0 saturated heterocycles. The second-order valence-electron chi connectivity index (χ2n) is 4.72. The van der Waals surface area contributed by atoms with E-state index >= 15 is 0 Å². The van der Waals surface area contributed by atoms with Gasteiger partial charge in [0.25, 0.3) is 0 Å². The predicted octanol–water partition coefficient (Wildman–Crippen LogP) is 2.56. The minimum atomic E-state index is 0.0178. The highest BCUT2D eigenvalue weighted by Gasteiger charge is 2.15. The van der Waals surface area contributed by atoms with Crippen LogP contribution in [0, 0.1) is 12.3 Å². The summed E-state index contributed by atoms with van der Waals surface area (Å²) in [6.45, 7) is 6.50. The molecule has 0 atom stereocenters. The number of carbonyl (C=O) groups excluding carboxylic acids is 1. The van der Waals surface area contributed by atoms with Crippen molar-refractivity contribution in [2.24, 2.45) is 0 Å². The zero-order chi connectivity index (χ0) is 12.9. The van der Waals surface area contributed by atoms with Gasteiger partial charge in [0.2, 0.25) is 6.41 Å². The lowest BCUT2D eigenvalue weighted by Gasteiger charge is -2.21. The molecule has 17 heavy (non-hydrogen) atoms. The van der Waals surface area contributed by atoms with Crippen molar-refractivity contribution in [2.75, 3.05) is 11.9 Å². The van der Waals surface area contributed by atoms with E-state index in [1.54, 1.807) is 0 Å². The van der Waals surface area contributed by atoms with Gasteiger partial charge < -0.3 is 10.1 Å². The molecule has 0 radical (unpaired) electrons. The highest BCUT2D eigenvalue weighted by atomic mass is 16.5. The topological polar surface area (TPSA) is 38.3 Å². The van der Waals surface area contributed by atoms with E-state index in [9.17, 15) is 4.79 Å². The Kier molecular flexibility index (Phi) is 4.17. The number of ether oxygens (including phenoxy) is 1. The average molecular weight is 231 g/mol. The number of rotatable bonds is 4. The number of anilines is 1. The van der Waals surface area contributed by atoms with Gasteiger partial charge in [0.15, 0.2) is 0 Å². The number of terminal acetylenes is 1. The summed E-state index contributed by atoms with van der Waals surface area (Å²) in [6.07, 6.45) is 5.76. The van der Waals surface area contributed by atoms with Crippen molar-refractivity contribution in [3.63, 3.8) is 0 Å². The van der Waals surface area contributed by atoms with E-state index in [4.69, 9.17) is 11.2 Å². The monoisotopic (exact) mass is 231 g/mol. The fourth-order valence-corrected chi connectivity index (χ4v) is 1.42. The Hall–Kier alpha value is -1.95. The van der Waals surface area contributed by atoms with Crippen molar-refractivity contribution in [3.05, 3.63) is 23.8 Å². The molecule has 0 fully saturated rings. The van der Waals surface area contributed by atoms with Gasteiger partial charge in [-0.1, -0.05) is 32.8 Å². The van der Waals surface area contributed by atoms with Crippen LogP contribution in [0.25, 0.3) is 0 Å². The van der Waals surface area contributed by atoms with Crippen molar-refractivity contribution < 1.29 is 9.53 Å². The first-order valence-electron chi connectivity index (χ1n) is 5.40. The molecule has 1 aromatic carbocycles. The van der Waals surface area contributed by atoms with Crippen molar-refractivity contribution in [1.82, 2.24) is 0 Å². The molecule has 1 aromatic rings. The minimum Gasteiger partial charge on any atom is -0.479 e. The lowest BCUT2D eigenvalue weighted by molar-refractivity contribution is -0.105. The third kappa shape index (κ3) is 3.53. The molecule has 0 aromatic heterocycles. The Balaban J connectivity index is 3.08. The van der Waals surface area contributed by atoms with Crippen LogP contribution in [0.2, 0.25) is 0 Å². The third-order valence-corrected chi connectivity index (χ3v) is 2.37. The molecule has 3 nitrogen and oxygen atoms in total. The smallest absolute Gasteiger partial charge is 0.211 e. The maximum Gasteiger partial charge on any atom is 0.211 e. The zero-order valence-corrected chi connectivity index (χ0v) is 10.4. The Bertz CT molecular complexity index is 439. The molecule has 0 saturated carbocycles. The second kappa shape index (κ2) is 5.40. The molecule has 0 heterocycles. The zero-order valence-electron chi connectivity index (χ0n) is 10.4. The van der Waals surface area contributed by atoms with Gasteiger partial charge in [-0.3, -0.25) is 4.79 Å². The SMILES string of the molecule is C#CCOc1ccc(C(C)(C)C)cc1NC=O. The summed E-state index contributed by atoms with van der Waals surface area (Å²) in [4.78, 5) is 10.6. The maximum atomic E-state index is 10.6. The summed E-state index contributed by atoms with van der Waals surface area (Å²) in [6, 6.07) is 5.70. The van der Waals surface area contributed by atoms with Gasteiger partial charge in [-0.15, -0.1) is 6.42 Å². The van der Waals surface area contributed by atoms with Crippen LogP contribution in [0.1, 0.15) is 26.3 Å². The summed E-state index contributed by atoms with van der Waals surface area (Å²) in [5, 5.41) is 2.62. The molecule has 0 spiro atoms. The second-order valence-corrected chi connectivity index (χ2v) is 4.72. The largest absolute Gasteiger partial charge is 0.479 e. The maximum absolute atomic E-state index is 10.6. The minimum absolute atomic E-state index is 0.0178. The Labute approximate surface area is 102 Å². The molecule has 0 bridgehead atoms. The Morgan fingerprint density at radius 3 is 2.71 bits per heavy atom. The van der Waals surface area contributed by atoms with Crippen LogP contribution >= 0.6 is 0 Å². The highest BCUT2D eigenvalue weighted by Crippen LogP contribution is 2.31. The summed E-state index contributed by atoms with van der Waals surface area (Å²) in [7, 11) is 0. The van der Waals surface area contributed by atoms with Crippen LogP contribution in [-0.4, -0.2) is 13.0 Å². The number of amides is 1. The van der Waals surface area contributed by atoms with Crippen LogP contribution in [0.3, 0.4) is 0 Å². The van der Waals surface area contributed by atoms with Gasteiger partial charge >= 0.3 is 0 Å². The molecule has 90 valence electrons. The number of hydrogen-bond acceptors (Lipinski definition) is 2. The van der Waals surface area contributed by atoms with Crippen molar-refractivity contribution in [3.8, 4) is 18.1 Å². The van der Waals surface area contributed by atoms with Gasteiger partial charge in [0.1, 0.15) is 12.4 Å². The number of carbonyl (C=O) groups is 1. The molecule has 1 N–H and O–H groups in total. The molecular formula is C14H17NO2. The first-order valence-corrected chi connectivity index (χ1v) is 5.40. The van der Waals surface area contributed by atoms with E-state index in [1.807, 2.05) is 18.2 Å². The van der Waals surface area contributed by atoms with Gasteiger partial charge in [0.05, 0.1) is 5.69 Å². The van der Waals surface area contributed by atoms with Gasteiger partial charge in [0, 0.05) is 0 Å². The number of nitrogens with one attached hydrogen (secondary N) is 1. The summed E-state index contributed by atoms with van der Waals surface area (Å²) in [5.41, 5.74) is 1.78. The summed E-state index contributed by atoms with van der Waals surface area (Å²) >= 11 is 0. The van der Waals surface area contributed by atoms with Gasteiger partial charge in [-0.2, -0.15) is 0 Å². The predicted molar refractivity (Wildman–Crippen MR) is 69.2 cm³/mol. The standard InChI is InChI=1S/C14H17NO2/c1-5-8-17-13-7-6-11(14(2,3)4)9-12(13)15-10-16/h1,6-7,9-10H,8H2,2-4H3,(H,15,16). The van der Waals surface area contributed by atoms with Crippen LogP contribution in [0.5, 0.6) is 5.75 Å². The molecular weight excluding hydrogens is 214 g/mol.